The van der Waals surface area contributed by atoms with Gasteiger partial charge in [-0.2, -0.15) is 0 Å². The van der Waals surface area contributed by atoms with Crippen molar-refractivity contribution in [3.05, 3.63) is 0 Å². The van der Waals surface area contributed by atoms with E-state index in [1.54, 1.807) is 0 Å². The van der Waals surface area contributed by atoms with E-state index in [2.05, 4.69) is 10.6 Å². The van der Waals surface area contributed by atoms with E-state index >= 15 is 0 Å². The summed E-state index contributed by atoms with van der Waals surface area (Å²) < 4.78 is 0. The Balaban J connectivity index is 1.50. The highest BCUT2D eigenvalue weighted by molar-refractivity contribution is 5.88. The lowest BCUT2D eigenvalue weighted by atomic mass is 9.78. The Morgan fingerprint density at radius 2 is 1.74 bits per heavy atom. The second kappa shape index (κ2) is 8.13. The summed E-state index contributed by atoms with van der Waals surface area (Å²) in [6.45, 7) is 4.71. The normalized spacial score (nSPS) is 31.3. The Bertz CT molecular complexity index is 414. The summed E-state index contributed by atoms with van der Waals surface area (Å²) in [4.78, 5) is 27.3. The van der Waals surface area contributed by atoms with Gasteiger partial charge in [0.25, 0.3) is 0 Å². The van der Waals surface area contributed by atoms with Gasteiger partial charge >= 0.3 is 0 Å². The largest absolute Gasteiger partial charge is 0.356 e. The molecular weight excluding hydrogens is 290 g/mol. The first-order chi connectivity index (χ1) is 11.3. The molecule has 3 rings (SSSR count). The van der Waals surface area contributed by atoms with Gasteiger partial charge in [0.05, 0.1) is 0 Å². The molecule has 3 aliphatic rings. The van der Waals surface area contributed by atoms with Crippen LogP contribution in [0, 0.1) is 17.8 Å². The number of hydrogen-bond donors (Lipinski definition) is 2. The van der Waals surface area contributed by atoms with Gasteiger partial charge in [-0.05, 0) is 57.5 Å². The number of hydrogen-bond acceptors (Lipinski definition) is 3. The molecular formula is C18H31N3O2. The van der Waals surface area contributed by atoms with E-state index < -0.39 is 0 Å². The minimum Gasteiger partial charge on any atom is -0.356 e. The summed E-state index contributed by atoms with van der Waals surface area (Å²) in [6.07, 6.45) is 8.43. The second-order valence-corrected chi connectivity index (χ2v) is 7.47. The molecule has 3 atom stereocenters. The zero-order valence-electron chi connectivity index (χ0n) is 14.2. The summed E-state index contributed by atoms with van der Waals surface area (Å²) in [6, 6.07) is 0. The predicted molar refractivity (Wildman–Crippen MR) is 89.9 cm³/mol. The van der Waals surface area contributed by atoms with Crippen LogP contribution in [0.3, 0.4) is 0 Å². The fourth-order valence-electron chi connectivity index (χ4n) is 4.40. The highest BCUT2D eigenvalue weighted by Crippen LogP contribution is 2.32. The lowest BCUT2D eigenvalue weighted by Crippen LogP contribution is -2.45. The van der Waals surface area contributed by atoms with Crippen molar-refractivity contribution in [3.8, 4) is 0 Å². The molecule has 0 radical (unpaired) electrons. The van der Waals surface area contributed by atoms with Gasteiger partial charge in [0.15, 0.2) is 0 Å². The molecule has 2 aliphatic heterocycles. The van der Waals surface area contributed by atoms with Crippen LogP contribution in [0.4, 0.5) is 0 Å². The van der Waals surface area contributed by atoms with E-state index in [4.69, 9.17) is 0 Å². The summed E-state index contributed by atoms with van der Waals surface area (Å²) in [5.41, 5.74) is 0. The first kappa shape index (κ1) is 16.7. The smallest absolute Gasteiger partial charge is 0.226 e. The van der Waals surface area contributed by atoms with Crippen LogP contribution < -0.4 is 10.6 Å². The molecule has 5 heteroatoms. The van der Waals surface area contributed by atoms with Crippen LogP contribution >= 0.6 is 0 Å². The standard InChI is InChI=1S/C18H31N3O2/c22-17(20-10-8-14-7-9-19-13-14)15-5-1-2-6-16(15)18(23)21-11-3-4-12-21/h14-16,19H,1-13H2,(H,20,22). The van der Waals surface area contributed by atoms with Crippen LogP contribution in [-0.4, -0.2) is 49.4 Å². The Morgan fingerprint density at radius 3 is 2.43 bits per heavy atom. The third-order valence-corrected chi connectivity index (χ3v) is 5.85. The molecule has 2 saturated heterocycles. The molecule has 2 N–H and O–H groups in total. The molecule has 0 aromatic carbocycles. The van der Waals surface area contributed by atoms with E-state index in [1.807, 2.05) is 4.90 Å². The average molecular weight is 321 g/mol. The van der Waals surface area contributed by atoms with Crippen LogP contribution in [0.25, 0.3) is 0 Å². The maximum absolute atomic E-state index is 12.7. The number of likely N-dealkylation sites (tertiary alicyclic amines) is 1. The van der Waals surface area contributed by atoms with E-state index in [9.17, 15) is 9.59 Å². The highest BCUT2D eigenvalue weighted by Gasteiger charge is 2.38. The number of nitrogens with zero attached hydrogens (tertiary/aromatic N) is 1. The number of carbonyl (C=O) groups is 2. The first-order valence-electron chi connectivity index (χ1n) is 9.53. The lowest BCUT2D eigenvalue weighted by molar-refractivity contribution is -0.142. The van der Waals surface area contributed by atoms with Crippen LogP contribution in [0.2, 0.25) is 0 Å². The molecule has 2 amide bonds. The van der Waals surface area contributed by atoms with Crippen molar-refractivity contribution in [1.82, 2.24) is 15.5 Å². The number of nitrogens with one attached hydrogen (secondary N) is 2. The van der Waals surface area contributed by atoms with Gasteiger partial charge in [-0.15, -0.1) is 0 Å². The Morgan fingerprint density at radius 1 is 1.00 bits per heavy atom. The third kappa shape index (κ3) is 4.25. The van der Waals surface area contributed by atoms with E-state index in [-0.39, 0.29) is 23.7 Å². The van der Waals surface area contributed by atoms with Gasteiger partial charge in [-0.1, -0.05) is 12.8 Å². The lowest BCUT2D eigenvalue weighted by Gasteiger charge is -2.32. The Kier molecular flexibility index (Phi) is 5.92. The van der Waals surface area contributed by atoms with Crippen LogP contribution in [0.1, 0.15) is 51.4 Å². The minimum absolute atomic E-state index is 0.0741. The van der Waals surface area contributed by atoms with Crippen molar-refractivity contribution >= 4 is 11.8 Å². The highest BCUT2D eigenvalue weighted by atomic mass is 16.2. The number of rotatable bonds is 5. The number of carbonyl (C=O) groups excluding carboxylic acids is 2. The molecule has 0 aromatic rings. The maximum atomic E-state index is 12.7. The van der Waals surface area contributed by atoms with Crippen molar-refractivity contribution in [2.75, 3.05) is 32.7 Å². The fourth-order valence-corrected chi connectivity index (χ4v) is 4.40. The quantitative estimate of drug-likeness (QED) is 0.807. The number of amides is 2. The molecule has 0 spiro atoms. The monoisotopic (exact) mass is 321 g/mol. The van der Waals surface area contributed by atoms with Gasteiger partial charge in [-0.25, -0.2) is 0 Å². The molecule has 0 bridgehead atoms. The Hall–Kier alpha value is -1.10. The average Bonchev–Trinajstić information content (AvgIpc) is 3.27. The van der Waals surface area contributed by atoms with E-state index in [1.165, 1.54) is 6.42 Å². The fraction of sp³-hybridized carbons (Fsp3) is 0.889. The van der Waals surface area contributed by atoms with Gasteiger partial charge in [-0.3, -0.25) is 9.59 Å². The summed E-state index contributed by atoms with van der Waals surface area (Å²) in [5, 5.41) is 6.48. The molecule has 5 nitrogen and oxygen atoms in total. The molecule has 23 heavy (non-hydrogen) atoms. The van der Waals surface area contributed by atoms with Gasteiger partial charge in [0.1, 0.15) is 0 Å². The molecule has 0 aromatic heterocycles. The van der Waals surface area contributed by atoms with Crippen LogP contribution in [0.15, 0.2) is 0 Å². The van der Waals surface area contributed by atoms with E-state index in [0.717, 1.165) is 77.7 Å². The van der Waals surface area contributed by atoms with Crippen molar-refractivity contribution in [3.63, 3.8) is 0 Å². The minimum atomic E-state index is -0.0986. The Labute approximate surface area is 139 Å². The second-order valence-electron chi connectivity index (χ2n) is 7.47. The molecule has 1 aliphatic carbocycles. The van der Waals surface area contributed by atoms with Gasteiger partial charge in [0, 0.05) is 31.5 Å². The maximum Gasteiger partial charge on any atom is 0.226 e. The summed E-state index contributed by atoms with van der Waals surface area (Å²) >= 11 is 0. The topological polar surface area (TPSA) is 61.4 Å². The molecule has 3 fully saturated rings. The third-order valence-electron chi connectivity index (χ3n) is 5.85. The summed E-state index contributed by atoms with van der Waals surface area (Å²) in [5.74, 6) is 0.882. The van der Waals surface area contributed by atoms with Crippen LogP contribution in [-0.2, 0) is 9.59 Å². The van der Waals surface area contributed by atoms with Gasteiger partial charge < -0.3 is 15.5 Å². The molecule has 1 saturated carbocycles. The van der Waals surface area contributed by atoms with Crippen molar-refractivity contribution < 1.29 is 9.59 Å². The van der Waals surface area contributed by atoms with Crippen molar-refractivity contribution in [1.29, 1.82) is 0 Å². The van der Waals surface area contributed by atoms with Crippen molar-refractivity contribution in [2.24, 2.45) is 17.8 Å². The van der Waals surface area contributed by atoms with Gasteiger partial charge in [0.2, 0.25) is 11.8 Å². The predicted octanol–water partition coefficient (Wildman–Crippen LogP) is 1.53. The van der Waals surface area contributed by atoms with Crippen molar-refractivity contribution in [2.45, 2.75) is 51.4 Å². The molecule has 3 unspecified atom stereocenters. The molecule has 130 valence electrons. The zero-order valence-corrected chi connectivity index (χ0v) is 14.2. The summed E-state index contributed by atoms with van der Waals surface area (Å²) in [7, 11) is 0. The first-order valence-corrected chi connectivity index (χ1v) is 9.53. The van der Waals surface area contributed by atoms with E-state index in [0.29, 0.717) is 5.92 Å². The molecule has 2 heterocycles. The van der Waals surface area contributed by atoms with Crippen LogP contribution in [0.5, 0.6) is 0 Å². The zero-order chi connectivity index (χ0) is 16.1. The SMILES string of the molecule is O=C(NCCC1CCNC1)C1CCCCC1C(=O)N1CCCC1.